The van der Waals surface area contributed by atoms with Crippen molar-refractivity contribution in [3.8, 4) is 5.75 Å². The monoisotopic (exact) mass is 360 g/mol. The van der Waals surface area contributed by atoms with Crippen LogP contribution in [-0.2, 0) is 6.61 Å². The van der Waals surface area contributed by atoms with Crippen molar-refractivity contribution in [3.63, 3.8) is 0 Å². The third kappa shape index (κ3) is 4.00. The second-order valence-electron chi connectivity index (χ2n) is 6.12. The number of halogens is 1. The summed E-state index contributed by atoms with van der Waals surface area (Å²) in [5.74, 6) is 0.817. The molecule has 134 valence electrons. The number of aromatic nitrogens is 3. The maximum absolute atomic E-state index is 13.3. The van der Waals surface area contributed by atoms with Crippen molar-refractivity contribution in [3.05, 3.63) is 84.1 Å². The van der Waals surface area contributed by atoms with Crippen LogP contribution in [0.2, 0.25) is 0 Å². The maximum atomic E-state index is 13.3. The molecule has 2 heterocycles. The molecule has 0 fully saturated rings. The SMILES string of the molecule is Cc1cc2cnc(Nc3cccc(F)c3)nc2cc1OCc1ccccn1. The van der Waals surface area contributed by atoms with E-state index in [0.717, 1.165) is 27.9 Å². The van der Waals surface area contributed by atoms with Crippen molar-refractivity contribution in [2.45, 2.75) is 13.5 Å². The molecule has 0 aliphatic heterocycles. The minimum absolute atomic E-state index is 0.318. The Balaban J connectivity index is 1.59. The summed E-state index contributed by atoms with van der Waals surface area (Å²) in [6.45, 7) is 2.36. The van der Waals surface area contributed by atoms with Gasteiger partial charge in [-0.2, -0.15) is 0 Å². The third-order valence-corrected chi connectivity index (χ3v) is 4.06. The van der Waals surface area contributed by atoms with Crippen molar-refractivity contribution >= 4 is 22.5 Å². The Kier molecular flexibility index (Phi) is 4.61. The van der Waals surface area contributed by atoms with E-state index in [-0.39, 0.29) is 5.82 Å². The van der Waals surface area contributed by atoms with Gasteiger partial charge in [0.15, 0.2) is 0 Å². The van der Waals surface area contributed by atoms with Crippen molar-refractivity contribution in [2.24, 2.45) is 0 Å². The average Bonchev–Trinajstić information content (AvgIpc) is 2.67. The van der Waals surface area contributed by atoms with Gasteiger partial charge in [-0.15, -0.1) is 0 Å². The Morgan fingerprint density at radius 1 is 1.04 bits per heavy atom. The van der Waals surface area contributed by atoms with Crippen LogP contribution in [0.1, 0.15) is 11.3 Å². The first-order valence-corrected chi connectivity index (χ1v) is 8.50. The van der Waals surface area contributed by atoms with Crippen LogP contribution in [0.4, 0.5) is 16.0 Å². The highest BCUT2D eigenvalue weighted by molar-refractivity contribution is 5.81. The second-order valence-corrected chi connectivity index (χ2v) is 6.12. The van der Waals surface area contributed by atoms with Crippen LogP contribution in [0.15, 0.2) is 67.0 Å². The number of benzene rings is 2. The van der Waals surface area contributed by atoms with Gasteiger partial charge in [0.2, 0.25) is 5.95 Å². The molecule has 5 nitrogen and oxygen atoms in total. The summed E-state index contributed by atoms with van der Waals surface area (Å²) in [6, 6.07) is 15.7. The van der Waals surface area contributed by atoms with E-state index in [9.17, 15) is 4.39 Å². The van der Waals surface area contributed by atoms with Crippen LogP contribution in [0, 0.1) is 12.7 Å². The lowest BCUT2D eigenvalue weighted by molar-refractivity contribution is 0.299. The molecule has 2 aromatic carbocycles. The Morgan fingerprint density at radius 2 is 1.96 bits per heavy atom. The molecule has 2 aromatic heterocycles. The topological polar surface area (TPSA) is 59.9 Å². The second kappa shape index (κ2) is 7.37. The molecule has 4 rings (SSSR count). The van der Waals surface area contributed by atoms with Gasteiger partial charge in [0, 0.05) is 29.5 Å². The Morgan fingerprint density at radius 3 is 2.78 bits per heavy atom. The quantitative estimate of drug-likeness (QED) is 0.554. The fourth-order valence-corrected chi connectivity index (χ4v) is 2.72. The standard InChI is InChI=1S/C21H17FN4O/c1-14-9-15-12-24-21(25-17-7-4-5-16(22)10-17)26-19(15)11-20(14)27-13-18-6-2-3-8-23-18/h2-12H,13H2,1H3,(H,24,25,26). The first-order valence-electron chi connectivity index (χ1n) is 8.50. The predicted molar refractivity (Wildman–Crippen MR) is 103 cm³/mol. The summed E-state index contributed by atoms with van der Waals surface area (Å²) in [7, 11) is 0. The van der Waals surface area contributed by atoms with Crippen LogP contribution >= 0.6 is 0 Å². The molecule has 0 saturated heterocycles. The number of nitrogens with zero attached hydrogens (tertiary/aromatic N) is 3. The molecular weight excluding hydrogens is 343 g/mol. The van der Waals surface area contributed by atoms with Crippen LogP contribution < -0.4 is 10.1 Å². The highest BCUT2D eigenvalue weighted by Crippen LogP contribution is 2.26. The molecule has 0 aliphatic carbocycles. The number of fused-ring (bicyclic) bond motifs is 1. The minimum Gasteiger partial charge on any atom is -0.487 e. The van der Waals surface area contributed by atoms with Gasteiger partial charge >= 0.3 is 0 Å². The number of rotatable bonds is 5. The molecule has 0 radical (unpaired) electrons. The third-order valence-electron chi connectivity index (χ3n) is 4.06. The Hall–Kier alpha value is -3.54. The number of aryl methyl sites for hydroxylation is 1. The molecular formula is C21H17FN4O. The van der Waals surface area contributed by atoms with E-state index in [1.54, 1.807) is 24.5 Å². The van der Waals surface area contributed by atoms with Gasteiger partial charge in [-0.05, 0) is 48.9 Å². The lowest BCUT2D eigenvalue weighted by atomic mass is 10.1. The molecule has 0 aliphatic rings. The van der Waals surface area contributed by atoms with E-state index in [4.69, 9.17) is 4.74 Å². The van der Waals surface area contributed by atoms with E-state index < -0.39 is 0 Å². The summed E-state index contributed by atoms with van der Waals surface area (Å²) in [6.07, 6.45) is 3.48. The number of anilines is 2. The van der Waals surface area contributed by atoms with E-state index in [2.05, 4.69) is 20.3 Å². The van der Waals surface area contributed by atoms with Gasteiger partial charge < -0.3 is 10.1 Å². The highest BCUT2D eigenvalue weighted by atomic mass is 19.1. The zero-order valence-electron chi connectivity index (χ0n) is 14.7. The predicted octanol–water partition coefficient (Wildman–Crippen LogP) is 4.79. The molecule has 0 bridgehead atoms. The van der Waals surface area contributed by atoms with Crippen molar-refractivity contribution in [1.82, 2.24) is 15.0 Å². The molecule has 0 spiro atoms. The Labute approximate surface area is 155 Å². The molecule has 0 amide bonds. The van der Waals surface area contributed by atoms with Crippen molar-refractivity contribution < 1.29 is 9.13 Å². The number of hydrogen-bond donors (Lipinski definition) is 1. The number of pyridine rings is 1. The van der Waals surface area contributed by atoms with Gasteiger partial charge in [0.25, 0.3) is 0 Å². The summed E-state index contributed by atoms with van der Waals surface area (Å²) in [5.41, 5.74) is 3.18. The van der Waals surface area contributed by atoms with Gasteiger partial charge in [0.05, 0.1) is 11.2 Å². The van der Waals surface area contributed by atoms with Gasteiger partial charge in [-0.25, -0.2) is 14.4 Å². The summed E-state index contributed by atoms with van der Waals surface area (Å²) in [4.78, 5) is 13.1. The van der Waals surface area contributed by atoms with Crippen LogP contribution in [0.3, 0.4) is 0 Å². The summed E-state index contributed by atoms with van der Waals surface area (Å²) in [5, 5.41) is 3.92. The molecule has 4 aromatic rings. The fraction of sp³-hybridized carbons (Fsp3) is 0.0952. The van der Waals surface area contributed by atoms with E-state index in [1.807, 2.05) is 37.3 Å². The molecule has 27 heavy (non-hydrogen) atoms. The minimum atomic E-state index is -0.318. The lowest BCUT2D eigenvalue weighted by Gasteiger charge is -2.11. The smallest absolute Gasteiger partial charge is 0.227 e. The van der Waals surface area contributed by atoms with Gasteiger partial charge in [-0.1, -0.05) is 12.1 Å². The normalized spacial score (nSPS) is 10.7. The largest absolute Gasteiger partial charge is 0.487 e. The first kappa shape index (κ1) is 16.9. The zero-order valence-corrected chi connectivity index (χ0v) is 14.7. The van der Waals surface area contributed by atoms with Gasteiger partial charge in [-0.3, -0.25) is 4.98 Å². The lowest BCUT2D eigenvalue weighted by Crippen LogP contribution is -2.00. The zero-order chi connectivity index (χ0) is 18.6. The molecule has 6 heteroatoms. The van der Waals surface area contributed by atoms with Crippen molar-refractivity contribution in [1.29, 1.82) is 0 Å². The number of hydrogen-bond acceptors (Lipinski definition) is 5. The molecule has 1 N–H and O–H groups in total. The average molecular weight is 360 g/mol. The molecule has 0 saturated carbocycles. The highest BCUT2D eigenvalue weighted by Gasteiger charge is 2.07. The van der Waals surface area contributed by atoms with E-state index >= 15 is 0 Å². The first-order chi connectivity index (χ1) is 13.2. The van der Waals surface area contributed by atoms with E-state index in [1.165, 1.54) is 12.1 Å². The fourth-order valence-electron chi connectivity index (χ4n) is 2.72. The van der Waals surface area contributed by atoms with Crippen molar-refractivity contribution in [2.75, 3.05) is 5.32 Å². The van der Waals surface area contributed by atoms with E-state index in [0.29, 0.717) is 18.2 Å². The van der Waals surface area contributed by atoms with Gasteiger partial charge in [0.1, 0.15) is 18.2 Å². The number of ether oxygens (including phenoxy) is 1. The Bertz CT molecular complexity index is 1090. The summed E-state index contributed by atoms with van der Waals surface area (Å²) < 4.78 is 19.3. The molecule has 0 unspecified atom stereocenters. The molecule has 0 atom stereocenters. The summed E-state index contributed by atoms with van der Waals surface area (Å²) >= 11 is 0. The van der Waals surface area contributed by atoms with Crippen LogP contribution in [0.5, 0.6) is 5.75 Å². The number of nitrogens with one attached hydrogen (secondary N) is 1. The maximum Gasteiger partial charge on any atom is 0.227 e. The van der Waals surface area contributed by atoms with Crippen LogP contribution in [0.25, 0.3) is 10.9 Å². The van der Waals surface area contributed by atoms with Crippen LogP contribution in [-0.4, -0.2) is 15.0 Å².